The number of aliphatic carboxylic acids is 1. The van der Waals surface area contributed by atoms with Crippen LogP contribution in [0.4, 0.5) is 0 Å². The fourth-order valence-corrected chi connectivity index (χ4v) is 5.19. The molecule has 6 nitrogen and oxygen atoms in total. The molecule has 0 radical (unpaired) electrons. The average Bonchev–Trinajstić information content (AvgIpc) is 3.05. The highest BCUT2D eigenvalue weighted by molar-refractivity contribution is 8.14. The number of carboxylic acids is 1. The molecule has 0 aromatic carbocycles. The molecule has 112 valence electrons. The Kier molecular flexibility index (Phi) is 4.10. The molecule has 0 saturated carbocycles. The van der Waals surface area contributed by atoms with Crippen LogP contribution in [0.5, 0.6) is 5.75 Å². The number of hydrogen-bond acceptors (Lipinski definition) is 7. The van der Waals surface area contributed by atoms with E-state index in [1.165, 1.54) is 0 Å². The van der Waals surface area contributed by atoms with Crippen LogP contribution in [0.3, 0.4) is 0 Å². The van der Waals surface area contributed by atoms with Crippen molar-refractivity contribution in [3.8, 4) is 5.75 Å². The number of aliphatic imine (C=N–C) groups is 1. The van der Waals surface area contributed by atoms with Crippen molar-refractivity contribution in [2.24, 2.45) is 4.99 Å². The van der Waals surface area contributed by atoms with Crippen LogP contribution >= 0.6 is 23.5 Å². The predicted octanol–water partition coefficient (Wildman–Crippen LogP) is 1.11. The van der Waals surface area contributed by atoms with Gasteiger partial charge in [0.25, 0.3) is 0 Å². The Morgan fingerprint density at radius 3 is 2.95 bits per heavy atom. The van der Waals surface area contributed by atoms with Crippen molar-refractivity contribution in [1.29, 1.82) is 0 Å². The lowest BCUT2D eigenvalue weighted by molar-refractivity contribution is -0.141. The number of hydrogen-bond donors (Lipinski definition) is 2. The Balaban J connectivity index is 1.78. The summed E-state index contributed by atoms with van der Waals surface area (Å²) >= 11 is 3.18. The molecule has 0 bridgehead atoms. The van der Waals surface area contributed by atoms with Crippen molar-refractivity contribution in [2.75, 3.05) is 18.6 Å². The van der Waals surface area contributed by atoms with E-state index in [4.69, 9.17) is 0 Å². The van der Waals surface area contributed by atoms with Crippen LogP contribution in [0.1, 0.15) is 5.69 Å². The van der Waals surface area contributed by atoms with Gasteiger partial charge in [-0.3, -0.25) is 19.7 Å². The highest BCUT2D eigenvalue weighted by atomic mass is 32.2. The van der Waals surface area contributed by atoms with Gasteiger partial charge in [-0.25, -0.2) is 0 Å². The van der Waals surface area contributed by atoms with Crippen LogP contribution in [-0.2, 0) is 4.79 Å². The SMILES string of the molecule is CN1[C@@H](C(=O)O)CS[C@@H]1C1CSC(c2ncccc2O)=N1. The van der Waals surface area contributed by atoms with E-state index in [1.807, 2.05) is 11.9 Å². The van der Waals surface area contributed by atoms with Crippen LogP contribution in [0.15, 0.2) is 23.3 Å². The van der Waals surface area contributed by atoms with Gasteiger partial charge in [-0.1, -0.05) is 0 Å². The quantitative estimate of drug-likeness (QED) is 0.861. The zero-order valence-electron chi connectivity index (χ0n) is 11.3. The van der Waals surface area contributed by atoms with Crippen molar-refractivity contribution < 1.29 is 15.0 Å². The summed E-state index contributed by atoms with van der Waals surface area (Å²) in [4.78, 5) is 21.9. The number of nitrogens with zero attached hydrogens (tertiary/aromatic N) is 3. The van der Waals surface area contributed by atoms with Crippen LogP contribution in [0.25, 0.3) is 0 Å². The molecule has 2 aliphatic heterocycles. The Labute approximate surface area is 130 Å². The minimum atomic E-state index is -0.787. The molecular weight excluding hydrogens is 310 g/mol. The molecule has 1 aromatic heterocycles. The van der Waals surface area contributed by atoms with Gasteiger partial charge in [-0.15, -0.1) is 23.5 Å². The van der Waals surface area contributed by atoms with Gasteiger partial charge in [-0.05, 0) is 19.2 Å². The number of rotatable bonds is 3. The minimum Gasteiger partial charge on any atom is -0.506 e. The Morgan fingerprint density at radius 2 is 2.29 bits per heavy atom. The van der Waals surface area contributed by atoms with Gasteiger partial charge < -0.3 is 10.2 Å². The maximum absolute atomic E-state index is 11.2. The fourth-order valence-electron chi connectivity index (χ4n) is 2.46. The van der Waals surface area contributed by atoms with E-state index < -0.39 is 12.0 Å². The first-order valence-electron chi connectivity index (χ1n) is 6.49. The van der Waals surface area contributed by atoms with Crippen LogP contribution in [0, 0.1) is 0 Å². The van der Waals surface area contributed by atoms with Crippen molar-refractivity contribution in [1.82, 2.24) is 9.88 Å². The molecule has 21 heavy (non-hydrogen) atoms. The van der Waals surface area contributed by atoms with E-state index in [-0.39, 0.29) is 17.2 Å². The maximum Gasteiger partial charge on any atom is 0.321 e. The molecule has 1 aromatic rings. The smallest absolute Gasteiger partial charge is 0.321 e. The van der Waals surface area contributed by atoms with Gasteiger partial charge in [0.1, 0.15) is 22.5 Å². The molecular formula is C13H15N3O3S2. The minimum absolute atomic E-state index is 0.0192. The normalized spacial score (nSPS) is 29.6. The van der Waals surface area contributed by atoms with Gasteiger partial charge in [0.2, 0.25) is 0 Å². The molecule has 3 rings (SSSR count). The molecule has 0 spiro atoms. The maximum atomic E-state index is 11.2. The van der Waals surface area contributed by atoms with Gasteiger partial charge in [0.05, 0.1) is 11.4 Å². The first-order chi connectivity index (χ1) is 10.1. The summed E-state index contributed by atoms with van der Waals surface area (Å²) in [5.74, 6) is 0.696. The third-order valence-corrected chi connectivity index (χ3v) is 6.17. The van der Waals surface area contributed by atoms with Crippen LogP contribution in [-0.4, -0.2) is 67.1 Å². The predicted molar refractivity (Wildman–Crippen MR) is 84.1 cm³/mol. The van der Waals surface area contributed by atoms with E-state index in [9.17, 15) is 15.0 Å². The molecule has 3 atom stereocenters. The van der Waals surface area contributed by atoms with Crippen LogP contribution < -0.4 is 0 Å². The topological polar surface area (TPSA) is 86.0 Å². The summed E-state index contributed by atoms with van der Waals surface area (Å²) < 4.78 is 0. The molecule has 3 heterocycles. The molecule has 2 N–H and O–H groups in total. The monoisotopic (exact) mass is 325 g/mol. The summed E-state index contributed by atoms with van der Waals surface area (Å²) in [5, 5.41) is 19.8. The number of likely N-dealkylation sites (N-methyl/N-ethyl adjacent to an activating group) is 1. The summed E-state index contributed by atoms with van der Waals surface area (Å²) in [6.45, 7) is 0. The van der Waals surface area contributed by atoms with Crippen molar-refractivity contribution in [3.05, 3.63) is 24.0 Å². The van der Waals surface area contributed by atoms with E-state index in [2.05, 4.69) is 9.98 Å². The Bertz CT molecular complexity index is 596. The third kappa shape index (κ3) is 2.75. The van der Waals surface area contributed by atoms with Crippen LogP contribution in [0.2, 0.25) is 0 Å². The fraction of sp³-hybridized carbons (Fsp3) is 0.462. The highest BCUT2D eigenvalue weighted by Crippen LogP contribution is 2.37. The summed E-state index contributed by atoms with van der Waals surface area (Å²) in [7, 11) is 1.83. The lowest BCUT2D eigenvalue weighted by Crippen LogP contribution is -2.42. The Hall–Kier alpha value is -1.25. The van der Waals surface area contributed by atoms with Gasteiger partial charge in [-0.2, -0.15) is 0 Å². The van der Waals surface area contributed by atoms with Crippen molar-refractivity contribution >= 4 is 34.5 Å². The highest BCUT2D eigenvalue weighted by Gasteiger charge is 2.41. The third-order valence-electron chi connectivity index (χ3n) is 3.59. The zero-order valence-corrected chi connectivity index (χ0v) is 13.0. The van der Waals surface area contributed by atoms with E-state index in [0.717, 1.165) is 10.8 Å². The first-order valence-corrected chi connectivity index (χ1v) is 8.52. The summed E-state index contributed by atoms with van der Waals surface area (Å²) in [5.41, 5.74) is 0.505. The zero-order chi connectivity index (χ0) is 15.0. The van der Waals surface area contributed by atoms with Crippen molar-refractivity contribution in [3.63, 3.8) is 0 Å². The second kappa shape index (κ2) is 5.86. The summed E-state index contributed by atoms with van der Waals surface area (Å²) in [6, 6.07) is 2.84. The average molecular weight is 325 g/mol. The number of aromatic hydroxyl groups is 1. The lowest BCUT2D eigenvalue weighted by Gasteiger charge is -2.24. The van der Waals surface area contributed by atoms with E-state index in [0.29, 0.717) is 11.4 Å². The standard InChI is InChI=1S/C13H15N3O3S2/c1-16-8(13(18)19)6-21-12(16)7-5-20-11(15-7)10-9(17)3-2-4-14-10/h2-4,7-8,12,17H,5-6H2,1H3,(H,18,19)/t7?,8-,12-/m1/s1. The lowest BCUT2D eigenvalue weighted by atomic mass is 10.2. The molecule has 8 heteroatoms. The number of thioether (sulfide) groups is 2. The van der Waals surface area contributed by atoms with Gasteiger partial charge >= 0.3 is 5.97 Å². The number of pyridine rings is 1. The number of aromatic nitrogens is 1. The number of carbonyl (C=O) groups is 1. The van der Waals surface area contributed by atoms with Gasteiger partial charge in [0.15, 0.2) is 0 Å². The summed E-state index contributed by atoms with van der Waals surface area (Å²) in [6.07, 6.45) is 1.63. The second-order valence-electron chi connectivity index (χ2n) is 4.93. The number of carboxylic acid groups (broad SMARTS) is 1. The molecule has 1 saturated heterocycles. The van der Waals surface area contributed by atoms with Crippen molar-refractivity contribution in [2.45, 2.75) is 17.5 Å². The first kappa shape index (κ1) is 14.7. The molecule has 0 aliphatic carbocycles. The largest absolute Gasteiger partial charge is 0.506 e. The molecule has 1 unspecified atom stereocenters. The van der Waals surface area contributed by atoms with E-state index in [1.54, 1.807) is 41.9 Å². The molecule has 0 amide bonds. The Morgan fingerprint density at radius 1 is 1.48 bits per heavy atom. The molecule has 2 aliphatic rings. The van der Waals surface area contributed by atoms with E-state index >= 15 is 0 Å². The van der Waals surface area contributed by atoms with Gasteiger partial charge in [0, 0.05) is 17.7 Å². The molecule has 1 fully saturated rings. The second-order valence-corrected chi connectivity index (χ2v) is 7.09.